The van der Waals surface area contributed by atoms with Gasteiger partial charge in [0.25, 0.3) is 0 Å². The van der Waals surface area contributed by atoms with E-state index in [1.165, 1.54) is 30.5 Å². The molecule has 0 radical (unpaired) electrons. The summed E-state index contributed by atoms with van der Waals surface area (Å²) in [5.41, 5.74) is 3.67. The summed E-state index contributed by atoms with van der Waals surface area (Å²) in [7, 11) is 0. The summed E-state index contributed by atoms with van der Waals surface area (Å²) in [5, 5.41) is 12.4. The van der Waals surface area contributed by atoms with Gasteiger partial charge in [-0.2, -0.15) is 0 Å². The lowest BCUT2D eigenvalue weighted by atomic mass is 9.64. The standard InChI is InChI=1S/C15H18N2O.HI/c18-9-15-7-13-10(4-2-6-16-13)11-3-1-5-12(14(11)15)17-8-15;/h1,3,5,8,10,13,16,18H,2,4,6-7,9H2;1H/t10-,13-,15?;/m1./s1. The van der Waals surface area contributed by atoms with Crippen LogP contribution < -0.4 is 29.3 Å². The topological polar surface area (TPSA) is 49.2 Å². The Morgan fingerprint density at radius 3 is 3.16 bits per heavy atom. The van der Waals surface area contributed by atoms with Crippen molar-refractivity contribution in [3.8, 4) is 0 Å². The second-order valence-corrected chi connectivity index (χ2v) is 5.95. The fourth-order valence-electron chi connectivity index (χ4n) is 4.19. The number of aliphatic imine (C=N–C) groups is 1. The largest absolute Gasteiger partial charge is 1.00 e. The van der Waals surface area contributed by atoms with Gasteiger partial charge in [-0.05, 0) is 30.0 Å². The number of piperidine rings is 1. The van der Waals surface area contributed by atoms with E-state index in [9.17, 15) is 5.11 Å². The van der Waals surface area contributed by atoms with Crippen LogP contribution in [0.1, 0.15) is 36.3 Å². The quantitative estimate of drug-likeness (QED) is 0.545. The van der Waals surface area contributed by atoms with Crippen molar-refractivity contribution in [3.63, 3.8) is 0 Å². The molecule has 0 amide bonds. The SMILES string of the molecule is OCC12C=Nc3cccc(c31)[C@H]1CCC[NH2+][C@@H]1C2.[I-]. The lowest BCUT2D eigenvalue weighted by Gasteiger charge is -2.42. The summed E-state index contributed by atoms with van der Waals surface area (Å²) < 4.78 is 0. The number of nitrogens with zero attached hydrogens (tertiary/aromatic N) is 1. The van der Waals surface area contributed by atoms with Gasteiger partial charge >= 0.3 is 0 Å². The maximum atomic E-state index is 9.91. The molecule has 0 saturated carbocycles. The molecule has 4 rings (SSSR count). The van der Waals surface area contributed by atoms with Crippen LogP contribution in [-0.4, -0.2) is 30.5 Å². The van der Waals surface area contributed by atoms with E-state index in [-0.39, 0.29) is 36.0 Å². The zero-order chi connectivity index (χ0) is 12.2. The molecule has 102 valence electrons. The summed E-state index contributed by atoms with van der Waals surface area (Å²) in [4.78, 5) is 4.55. The Hall–Kier alpha value is -0.460. The van der Waals surface area contributed by atoms with Crippen molar-refractivity contribution in [2.24, 2.45) is 4.99 Å². The second kappa shape index (κ2) is 4.82. The molecule has 0 bridgehead atoms. The van der Waals surface area contributed by atoms with Crippen molar-refractivity contribution in [2.75, 3.05) is 13.2 Å². The number of benzene rings is 1. The van der Waals surface area contributed by atoms with Crippen molar-refractivity contribution >= 4 is 11.9 Å². The van der Waals surface area contributed by atoms with Gasteiger partial charge in [0.2, 0.25) is 0 Å². The highest BCUT2D eigenvalue weighted by Crippen LogP contribution is 2.50. The first kappa shape index (κ1) is 13.5. The number of halogens is 1. The van der Waals surface area contributed by atoms with Crippen LogP contribution in [0.3, 0.4) is 0 Å². The van der Waals surface area contributed by atoms with E-state index in [1.807, 2.05) is 6.21 Å². The first-order valence-electron chi connectivity index (χ1n) is 6.97. The molecule has 0 spiro atoms. The normalized spacial score (nSPS) is 34.4. The third kappa shape index (κ3) is 1.80. The molecule has 3 atom stereocenters. The smallest absolute Gasteiger partial charge is 0.0941 e. The molecule has 4 heteroatoms. The van der Waals surface area contributed by atoms with Gasteiger partial charge in [0.05, 0.1) is 30.3 Å². The van der Waals surface area contributed by atoms with Crippen molar-refractivity contribution in [1.29, 1.82) is 0 Å². The van der Waals surface area contributed by atoms with Crippen molar-refractivity contribution in [1.82, 2.24) is 0 Å². The third-order valence-corrected chi connectivity index (χ3v) is 5.01. The number of nitrogens with two attached hydrogens (primary N) is 1. The van der Waals surface area contributed by atoms with Gasteiger partial charge < -0.3 is 34.4 Å². The average Bonchev–Trinajstić information content (AvgIpc) is 2.80. The van der Waals surface area contributed by atoms with E-state index in [4.69, 9.17) is 0 Å². The summed E-state index contributed by atoms with van der Waals surface area (Å²) >= 11 is 0. The zero-order valence-corrected chi connectivity index (χ0v) is 13.0. The fourth-order valence-corrected chi connectivity index (χ4v) is 4.19. The van der Waals surface area contributed by atoms with Crippen LogP contribution in [0, 0.1) is 0 Å². The molecule has 3 aliphatic rings. The molecule has 1 unspecified atom stereocenters. The first-order valence-corrected chi connectivity index (χ1v) is 6.97. The van der Waals surface area contributed by atoms with E-state index in [2.05, 4.69) is 28.5 Å². The molecule has 1 saturated heterocycles. The summed E-state index contributed by atoms with van der Waals surface area (Å²) in [6.45, 7) is 1.42. The molecular formula is C15H19IN2O. The van der Waals surface area contributed by atoms with Crippen molar-refractivity contribution in [2.45, 2.75) is 36.6 Å². The molecule has 3 N–H and O–H groups in total. The zero-order valence-electron chi connectivity index (χ0n) is 10.8. The third-order valence-electron chi connectivity index (χ3n) is 5.01. The molecule has 1 aliphatic carbocycles. The van der Waals surface area contributed by atoms with E-state index in [0.717, 1.165) is 12.1 Å². The van der Waals surface area contributed by atoms with Gasteiger partial charge in [-0.1, -0.05) is 12.1 Å². The van der Waals surface area contributed by atoms with Crippen LogP contribution in [0.5, 0.6) is 0 Å². The molecule has 19 heavy (non-hydrogen) atoms. The van der Waals surface area contributed by atoms with Crippen LogP contribution in [-0.2, 0) is 5.41 Å². The predicted octanol–water partition coefficient (Wildman–Crippen LogP) is -2.15. The van der Waals surface area contributed by atoms with Gasteiger partial charge in [0, 0.05) is 18.6 Å². The van der Waals surface area contributed by atoms with Crippen LogP contribution in [0.15, 0.2) is 23.2 Å². The van der Waals surface area contributed by atoms with Crippen molar-refractivity contribution < 1.29 is 34.4 Å². The van der Waals surface area contributed by atoms with Crippen molar-refractivity contribution in [3.05, 3.63) is 29.3 Å². The number of aliphatic hydroxyl groups excluding tert-OH is 1. The van der Waals surface area contributed by atoms with E-state index >= 15 is 0 Å². The molecule has 0 aromatic heterocycles. The lowest BCUT2D eigenvalue weighted by molar-refractivity contribution is -0.702. The van der Waals surface area contributed by atoms with Gasteiger partial charge in [0.15, 0.2) is 0 Å². The van der Waals surface area contributed by atoms with Gasteiger partial charge in [0.1, 0.15) is 0 Å². The minimum absolute atomic E-state index is 0. The van der Waals surface area contributed by atoms with Gasteiger partial charge in [-0.25, -0.2) is 0 Å². The molecule has 2 aliphatic heterocycles. The highest BCUT2D eigenvalue weighted by Gasteiger charge is 2.49. The van der Waals surface area contributed by atoms with E-state index in [0.29, 0.717) is 12.0 Å². The number of hydrogen-bond acceptors (Lipinski definition) is 2. The lowest BCUT2D eigenvalue weighted by Crippen LogP contribution is -3.00. The maximum Gasteiger partial charge on any atom is 0.0941 e. The summed E-state index contributed by atoms with van der Waals surface area (Å²) in [6.07, 6.45) is 5.64. The Balaban J connectivity index is 0.00000110. The Morgan fingerprint density at radius 2 is 2.32 bits per heavy atom. The monoisotopic (exact) mass is 370 g/mol. The highest BCUT2D eigenvalue weighted by atomic mass is 127. The summed E-state index contributed by atoms with van der Waals surface area (Å²) in [6, 6.07) is 7.09. The molecule has 3 nitrogen and oxygen atoms in total. The first-order chi connectivity index (χ1) is 8.84. The molecule has 1 aromatic rings. The highest BCUT2D eigenvalue weighted by molar-refractivity contribution is 5.87. The Morgan fingerprint density at radius 1 is 1.42 bits per heavy atom. The molecule has 1 aromatic carbocycles. The van der Waals surface area contributed by atoms with E-state index < -0.39 is 0 Å². The molecular weight excluding hydrogens is 351 g/mol. The number of rotatable bonds is 1. The number of aliphatic hydroxyl groups is 1. The molecule has 2 heterocycles. The average molecular weight is 370 g/mol. The summed E-state index contributed by atoms with van der Waals surface area (Å²) in [5.74, 6) is 0.662. The van der Waals surface area contributed by atoms with Crippen LogP contribution >= 0.6 is 0 Å². The second-order valence-electron chi connectivity index (χ2n) is 5.95. The number of quaternary nitrogens is 1. The van der Waals surface area contributed by atoms with Gasteiger partial charge in [-0.15, -0.1) is 0 Å². The Kier molecular flexibility index (Phi) is 3.43. The van der Waals surface area contributed by atoms with Crippen LogP contribution in [0.4, 0.5) is 5.69 Å². The van der Waals surface area contributed by atoms with E-state index in [1.54, 1.807) is 0 Å². The predicted molar refractivity (Wildman–Crippen MR) is 70.5 cm³/mol. The minimum atomic E-state index is -0.194. The van der Waals surface area contributed by atoms with Crippen LogP contribution in [0.2, 0.25) is 0 Å². The minimum Gasteiger partial charge on any atom is -1.00 e. The maximum absolute atomic E-state index is 9.91. The Labute approximate surface area is 130 Å². The number of hydrogen-bond donors (Lipinski definition) is 2. The van der Waals surface area contributed by atoms with Crippen LogP contribution in [0.25, 0.3) is 0 Å². The number of fused-ring (bicyclic) bond motifs is 2. The Bertz CT molecular complexity index is 531. The van der Waals surface area contributed by atoms with Gasteiger partial charge in [-0.3, -0.25) is 4.99 Å². The molecule has 1 fully saturated rings. The fraction of sp³-hybridized carbons (Fsp3) is 0.533.